The average molecular weight is 263 g/mol. The van der Waals surface area contributed by atoms with Crippen LogP contribution in [0.5, 0.6) is 0 Å². The summed E-state index contributed by atoms with van der Waals surface area (Å²) in [7, 11) is 0. The standard InChI is InChI=1S/C14H21N3O2/c1-10-7-13(15)12(8-16-10)14(19)17-5-2-3-11(9-17)4-6-18/h7-8,11,18H,2-6,9H2,1H3,(H2,15,16). The van der Waals surface area contributed by atoms with E-state index in [2.05, 4.69) is 4.98 Å². The summed E-state index contributed by atoms with van der Waals surface area (Å²) in [5, 5.41) is 9.00. The normalized spacial score (nSPS) is 19.5. The van der Waals surface area contributed by atoms with Crippen molar-refractivity contribution in [3.8, 4) is 0 Å². The predicted octanol–water partition coefficient (Wildman–Crippen LogP) is 1.21. The zero-order valence-electron chi connectivity index (χ0n) is 11.3. The summed E-state index contributed by atoms with van der Waals surface area (Å²) in [6.07, 6.45) is 4.37. The van der Waals surface area contributed by atoms with Gasteiger partial charge in [0, 0.05) is 37.3 Å². The van der Waals surface area contributed by atoms with Gasteiger partial charge >= 0.3 is 0 Å². The zero-order valence-corrected chi connectivity index (χ0v) is 11.3. The third kappa shape index (κ3) is 3.23. The van der Waals surface area contributed by atoms with Gasteiger partial charge in [-0.3, -0.25) is 9.78 Å². The second-order valence-electron chi connectivity index (χ2n) is 5.18. The van der Waals surface area contributed by atoms with Gasteiger partial charge in [0.25, 0.3) is 5.91 Å². The first-order valence-electron chi connectivity index (χ1n) is 6.74. The molecule has 1 fully saturated rings. The molecule has 0 radical (unpaired) electrons. The van der Waals surface area contributed by atoms with Gasteiger partial charge in [0.2, 0.25) is 0 Å². The van der Waals surface area contributed by atoms with E-state index in [-0.39, 0.29) is 12.5 Å². The summed E-state index contributed by atoms with van der Waals surface area (Å²) >= 11 is 0. The molecule has 1 aliphatic heterocycles. The molecular weight excluding hydrogens is 242 g/mol. The van der Waals surface area contributed by atoms with Crippen LogP contribution in [0, 0.1) is 12.8 Å². The third-order valence-electron chi connectivity index (χ3n) is 3.65. The molecule has 2 heterocycles. The molecule has 1 aliphatic rings. The second kappa shape index (κ2) is 6.02. The Kier molecular flexibility index (Phi) is 4.37. The van der Waals surface area contributed by atoms with E-state index < -0.39 is 0 Å². The Hall–Kier alpha value is -1.62. The van der Waals surface area contributed by atoms with E-state index in [1.165, 1.54) is 0 Å². The van der Waals surface area contributed by atoms with Gasteiger partial charge in [-0.25, -0.2) is 0 Å². The third-order valence-corrected chi connectivity index (χ3v) is 3.65. The minimum atomic E-state index is -0.0485. The van der Waals surface area contributed by atoms with Crippen molar-refractivity contribution in [1.29, 1.82) is 0 Å². The molecule has 3 N–H and O–H groups in total. The molecule has 19 heavy (non-hydrogen) atoms. The number of carbonyl (C=O) groups is 1. The Morgan fingerprint density at radius 3 is 3.11 bits per heavy atom. The maximum Gasteiger partial charge on any atom is 0.257 e. The van der Waals surface area contributed by atoms with E-state index >= 15 is 0 Å². The number of piperidine rings is 1. The Balaban J connectivity index is 2.10. The number of hydrogen-bond donors (Lipinski definition) is 2. The molecule has 1 saturated heterocycles. The highest BCUT2D eigenvalue weighted by atomic mass is 16.3. The van der Waals surface area contributed by atoms with Gasteiger partial charge in [-0.05, 0) is 38.2 Å². The van der Waals surface area contributed by atoms with Crippen molar-refractivity contribution in [1.82, 2.24) is 9.88 Å². The monoisotopic (exact) mass is 263 g/mol. The summed E-state index contributed by atoms with van der Waals surface area (Å²) in [4.78, 5) is 18.4. The summed E-state index contributed by atoms with van der Waals surface area (Å²) in [5.74, 6) is 0.343. The molecule has 5 heteroatoms. The van der Waals surface area contributed by atoms with Crippen LogP contribution in [0.4, 0.5) is 5.69 Å². The van der Waals surface area contributed by atoms with E-state index in [4.69, 9.17) is 10.8 Å². The van der Waals surface area contributed by atoms with Crippen molar-refractivity contribution in [3.63, 3.8) is 0 Å². The van der Waals surface area contributed by atoms with Crippen LogP contribution in [0.25, 0.3) is 0 Å². The van der Waals surface area contributed by atoms with Crippen LogP contribution in [-0.4, -0.2) is 40.6 Å². The highest BCUT2D eigenvalue weighted by molar-refractivity contribution is 5.98. The van der Waals surface area contributed by atoms with Crippen molar-refractivity contribution in [2.24, 2.45) is 5.92 Å². The Bertz CT molecular complexity index is 460. The number of pyridine rings is 1. The van der Waals surface area contributed by atoms with Crippen molar-refractivity contribution in [2.75, 3.05) is 25.4 Å². The largest absolute Gasteiger partial charge is 0.398 e. The fraction of sp³-hybridized carbons (Fsp3) is 0.571. The molecular formula is C14H21N3O2. The van der Waals surface area contributed by atoms with E-state index in [9.17, 15) is 4.79 Å². The zero-order chi connectivity index (χ0) is 13.8. The number of nitrogen functional groups attached to an aromatic ring is 1. The first-order chi connectivity index (χ1) is 9.11. The van der Waals surface area contributed by atoms with Gasteiger partial charge in [-0.2, -0.15) is 0 Å². The molecule has 1 unspecified atom stereocenters. The van der Waals surface area contributed by atoms with Crippen molar-refractivity contribution >= 4 is 11.6 Å². The topological polar surface area (TPSA) is 79.5 Å². The molecule has 1 aromatic heterocycles. The Labute approximate surface area is 113 Å². The van der Waals surface area contributed by atoms with Gasteiger partial charge in [0.15, 0.2) is 0 Å². The molecule has 0 spiro atoms. The summed E-state index contributed by atoms with van der Waals surface area (Å²) in [5.41, 5.74) is 7.68. The van der Waals surface area contributed by atoms with E-state index in [1.54, 1.807) is 12.3 Å². The van der Waals surface area contributed by atoms with Crippen LogP contribution >= 0.6 is 0 Å². The summed E-state index contributed by atoms with van der Waals surface area (Å²) in [6, 6.07) is 1.72. The van der Waals surface area contributed by atoms with Crippen LogP contribution in [0.15, 0.2) is 12.3 Å². The number of aryl methyl sites for hydroxylation is 1. The van der Waals surface area contributed by atoms with E-state index in [0.717, 1.165) is 31.5 Å². The molecule has 0 aromatic carbocycles. The SMILES string of the molecule is Cc1cc(N)c(C(=O)N2CCCC(CCO)C2)cn1. The lowest BCUT2D eigenvalue weighted by atomic mass is 9.94. The van der Waals surface area contributed by atoms with Gasteiger partial charge in [0.1, 0.15) is 0 Å². The van der Waals surface area contributed by atoms with Crippen LogP contribution < -0.4 is 5.73 Å². The van der Waals surface area contributed by atoms with Gasteiger partial charge in [-0.15, -0.1) is 0 Å². The van der Waals surface area contributed by atoms with Crippen molar-refractivity contribution in [3.05, 3.63) is 23.5 Å². The highest BCUT2D eigenvalue weighted by Crippen LogP contribution is 2.22. The maximum absolute atomic E-state index is 12.4. The summed E-state index contributed by atoms with van der Waals surface area (Å²) < 4.78 is 0. The summed E-state index contributed by atoms with van der Waals surface area (Å²) in [6.45, 7) is 3.49. The van der Waals surface area contributed by atoms with E-state index in [1.807, 2.05) is 11.8 Å². The van der Waals surface area contributed by atoms with Crippen LogP contribution in [0.3, 0.4) is 0 Å². The smallest absolute Gasteiger partial charge is 0.257 e. The molecule has 1 atom stereocenters. The number of likely N-dealkylation sites (tertiary alicyclic amines) is 1. The maximum atomic E-state index is 12.4. The highest BCUT2D eigenvalue weighted by Gasteiger charge is 2.25. The number of hydrogen-bond acceptors (Lipinski definition) is 4. The van der Waals surface area contributed by atoms with Crippen molar-refractivity contribution < 1.29 is 9.90 Å². The number of nitrogens with zero attached hydrogens (tertiary/aromatic N) is 2. The van der Waals surface area contributed by atoms with E-state index in [0.29, 0.717) is 23.7 Å². The quantitative estimate of drug-likeness (QED) is 0.859. The molecule has 0 bridgehead atoms. The van der Waals surface area contributed by atoms with Crippen molar-refractivity contribution in [2.45, 2.75) is 26.2 Å². The lowest BCUT2D eigenvalue weighted by molar-refractivity contribution is 0.0654. The number of rotatable bonds is 3. The molecule has 5 nitrogen and oxygen atoms in total. The first kappa shape index (κ1) is 13.8. The van der Waals surface area contributed by atoms with Gasteiger partial charge < -0.3 is 15.7 Å². The average Bonchev–Trinajstić information content (AvgIpc) is 2.39. The minimum absolute atomic E-state index is 0.0485. The second-order valence-corrected chi connectivity index (χ2v) is 5.18. The molecule has 2 rings (SSSR count). The van der Waals surface area contributed by atoms with Crippen LogP contribution in [0.2, 0.25) is 0 Å². The van der Waals surface area contributed by atoms with Gasteiger partial charge in [-0.1, -0.05) is 0 Å². The number of amides is 1. The Morgan fingerprint density at radius 2 is 2.42 bits per heavy atom. The molecule has 104 valence electrons. The number of nitrogens with two attached hydrogens (primary N) is 1. The fourth-order valence-corrected chi connectivity index (χ4v) is 2.60. The lowest BCUT2D eigenvalue weighted by Crippen LogP contribution is -2.40. The Morgan fingerprint density at radius 1 is 1.63 bits per heavy atom. The lowest BCUT2D eigenvalue weighted by Gasteiger charge is -2.32. The molecule has 1 amide bonds. The first-order valence-corrected chi connectivity index (χ1v) is 6.74. The predicted molar refractivity (Wildman–Crippen MR) is 73.7 cm³/mol. The molecule has 0 aliphatic carbocycles. The number of anilines is 1. The van der Waals surface area contributed by atoms with Crippen LogP contribution in [-0.2, 0) is 0 Å². The molecule has 1 aromatic rings. The fourth-order valence-electron chi connectivity index (χ4n) is 2.60. The number of aromatic nitrogens is 1. The molecule has 0 saturated carbocycles. The number of carbonyl (C=O) groups excluding carboxylic acids is 1. The number of aliphatic hydroxyl groups is 1. The van der Waals surface area contributed by atoms with Gasteiger partial charge in [0.05, 0.1) is 5.56 Å². The minimum Gasteiger partial charge on any atom is -0.398 e. The van der Waals surface area contributed by atoms with Crippen LogP contribution in [0.1, 0.15) is 35.3 Å². The number of aliphatic hydroxyl groups excluding tert-OH is 1.